The topological polar surface area (TPSA) is 116 Å². The molecule has 1 rings (SSSR count). The Kier molecular flexibility index (Phi) is 5.51. The quantitative estimate of drug-likeness (QED) is 0.571. The zero-order valence-corrected chi connectivity index (χ0v) is 11.8. The van der Waals surface area contributed by atoms with Gasteiger partial charge in [0.15, 0.2) is 0 Å². The smallest absolute Gasteiger partial charge is 0.326 e. The van der Waals surface area contributed by atoms with Crippen molar-refractivity contribution in [2.24, 2.45) is 7.05 Å². The number of nitrogens with zero attached hydrogens (tertiary/aromatic N) is 2. The fraction of sp³-hybridized carbons (Fsp3) is 0.583. The molecule has 0 fully saturated rings. The summed E-state index contributed by atoms with van der Waals surface area (Å²) in [5, 5.41) is 26.7. The maximum Gasteiger partial charge on any atom is 0.326 e. The highest BCUT2D eigenvalue weighted by Gasteiger charge is 2.19. The Hall–Kier alpha value is -2.09. The number of aromatic nitrogens is 2. The van der Waals surface area contributed by atoms with Crippen LogP contribution >= 0.6 is 0 Å². The predicted octanol–water partition coefficient (Wildman–Crippen LogP) is -0.328. The van der Waals surface area contributed by atoms with Crippen LogP contribution in [0.25, 0.3) is 0 Å². The van der Waals surface area contributed by atoms with Gasteiger partial charge in [0, 0.05) is 37.9 Å². The molecule has 2 amide bonds. The van der Waals surface area contributed by atoms with Crippen LogP contribution < -0.4 is 10.6 Å². The maximum atomic E-state index is 11.6. The van der Waals surface area contributed by atoms with E-state index in [0.717, 1.165) is 17.0 Å². The average Bonchev–Trinajstić information content (AvgIpc) is 2.60. The summed E-state index contributed by atoms with van der Waals surface area (Å²) in [5.41, 5.74) is 2.65. The molecule has 0 saturated carbocycles. The van der Waals surface area contributed by atoms with Gasteiger partial charge in [0.2, 0.25) is 0 Å². The first kappa shape index (κ1) is 16.0. The summed E-state index contributed by atoms with van der Waals surface area (Å²) < 4.78 is 1.72. The molecule has 0 aromatic carbocycles. The second-order valence-electron chi connectivity index (χ2n) is 4.50. The summed E-state index contributed by atoms with van der Waals surface area (Å²) in [6, 6.07) is -1.69. The van der Waals surface area contributed by atoms with Gasteiger partial charge >= 0.3 is 12.0 Å². The molecule has 0 saturated heterocycles. The van der Waals surface area contributed by atoms with E-state index in [-0.39, 0.29) is 19.6 Å². The first-order chi connectivity index (χ1) is 9.36. The first-order valence-electron chi connectivity index (χ1n) is 6.24. The van der Waals surface area contributed by atoms with Gasteiger partial charge in [-0.1, -0.05) is 0 Å². The summed E-state index contributed by atoms with van der Waals surface area (Å²) >= 11 is 0. The van der Waals surface area contributed by atoms with E-state index in [2.05, 4.69) is 15.7 Å². The third-order valence-electron chi connectivity index (χ3n) is 3.11. The third kappa shape index (κ3) is 3.95. The van der Waals surface area contributed by atoms with E-state index in [4.69, 9.17) is 10.2 Å². The minimum Gasteiger partial charge on any atom is -0.480 e. The lowest BCUT2D eigenvalue weighted by molar-refractivity contribution is -0.139. The van der Waals surface area contributed by atoms with E-state index in [1.54, 1.807) is 4.68 Å². The fourth-order valence-corrected chi connectivity index (χ4v) is 1.84. The van der Waals surface area contributed by atoms with Crippen LogP contribution in [0.4, 0.5) is 4.79 Å². The van der Waals surface area contributed by atoms with Crippen LogP contribution in [0.2, 0.25) is 0 Å². The number of carbonyl (C=O) groups is 2. The summed E-state index contributed by atoms with van der Waals surface area (Å²) in [4.78, 5) is 22.5. The SMILES string of the molecule is Cc1nn(C)c(C)c1CNC(=O)NC(CCO)C(=O)O. The molecule has 0 aliphatic heterocycles. The highest BCUT2D eigenvalue weighted by atomic mass is 16.4. The van der Waals surface area contributed by atoms with Crippen LogP contribution in [-0.2, 0) is 18.4 Å². The van der Waals surface area contributed by atoms with Crippen molar-refractivity contribution in [3.05, 3.63) is 17.0 Å². The number of carbonyl (C=O) groups excluding carboxylic acids is 1. The summed E-state index contributed by atoms with van der Waals surface area (Å²) in [7, 11) is 1.81. The van der Waals surface area contributed by atoms with Crippen molar-refractivity contribution in [1.29, 1.82) is 0 Å². The van der Waals surface area contributed by atoms with Gasteiger partial charge in [0.05, 0.1) is 5.69 Å². The van der Waals surface area contributed by atoms with Crippen molar-refractivity contribution < 1.29 is 19.8 Å². The van der Waals surface area contributed by atoms with Crippen LogP contribution in [0.5, 0.6) is 0 Å². The van der Waals surface area contributed by atoms with Gasteiger partial charge in [-0.05, 0) is 13.8 Å². The summed E-state index contributed by atoms with van der Waals surface area (Å²) in [6.07, 6.45) is -0.0340. The Morgan fingerprint density at radius 3 is 2.50 bits per heavy atom. The van der Waals surface area contributed by atoms with Crippen molar-refractivity contribution in [1.82, 2.24) is 20.4 Å². The molecule has 1 heterocycles. The second-order valence-corrected chi connectivity index (χ2v) is 4.50. The van der Waals surface area contributed by atoms with Crippen molar-refractivity contribution >= 4 is 12.0 Å². The monoisotopic (exact) mass is 284 g/mol. The number of rotatable bonds is 6. The summed E-state index contributed by atoms with van der Waals surface area (Å²) in [6.45, 7) is 3.69. The molecular formula is C12H20N4O4. The van der Waals surface area contributed by atoms with Crippen molar-refractivity contribution in [3.8, 4) is 0 Å². The van der Waals surface area contributed by atoms with E-state index in [1.165, 1.54) is 0 Å². The van der Waals surface area contributed by atoms with Crippen LogP contribution in [0, 0.1) is 13.8 Å². The molecule has 112 valence electrons. The van der Waals surface area contributed by atoms with Gasteiger partial charge in [-0.25, -0.2) is 9.59 Å². The highest BCUT2D eigenvalue weighted by molar-refractivity contribution is 5.82. The Balaban J connectivity index is 2.56. The Labute approximate surface area is 116 Å². The number of carboxylic acid groups (broad SMARTS) is 1. The molecule has 1 aromatic rings. The number of aryl methyl sites for hydroxylation is 2. The van der Waals surface area contributed by atoms with E-state index in [0.29, 0.717) is 0 Å². The molecule has 8 heteroatoms. The fourth-order valence-electron chi connectivity index (χ4n) is 1.84. The molecule has 1 aromatic heterocycles. The van der Waals surface area contributed by atoms with Crippen molar-refractivity contribution in [2.75, 3.05) is 6.61 Å². The molecule has 4 N–H and O–H groups in total. The Bertz CT molecular complexity index is 498. The minimum absolute atomic E-state index is 0.0340. The standard InChI is InChI=1S/C12H20N4O4/c1-7-9(8(2)16(3)15-7)6-13-12(20)14-10(4-5-17)11(18)19/h10,17H,4-6H2,1-3H3,(H,18,19)(H2,13,14,20). The third-order valence-corrected chi connectivity index (χ3v) is 3.11. The molecule has 0 radical (unpaired) electrons. The minimum atomic E-state index is -1.18. The average molecular weight is 284 g/mol. The summed E-state index contributed by atoms with van der Waals surface area (Å²) in [5.74, 6) is -1.18. The highest BCUT2D eigenvalue weighted by Crippen LogP contribution is 2.10. The van der Waals surface area contributed by atoms with Crippen LogP contribution in [0.3, 0.4) is 0 Å². The van der Waals surface area contributed by atoms with Crippen molar-refractivity contribution in [3.63, 3.8) is 0 Å². The number of urea groups is 1. The first-order valence-corrected chi connectivity index (χ1v) is 6.24. The molecule has 0 aliphatic rings. The van der Waals surface area contributed by atoms with Gasteiger partial charge in [-0.2, -0.15) is 5.10 Å². The Morgan fingerprint density at radius 2 is 2.05 bits per heavy atom. The van der Waals surface area contributed by atoms with Crippen molar-refractivity contribution in [2.45, 2.75) is 32.9 Å². The van der Waals surface area contributed by atoms with E-state index < -0.39 is 18.0 Å². The van der Waals surface area contributed by atoms with E-state index in [1.807, 2.05) is 20.9 Å². The van der Waals surface area contributed by atoms with Gasteiger partial charge < -0.3 is 20.8 Å². The maximum absolute atomic E-state index is 11.6. The number of aliphatic hydroxyl groups excluding tert-OH is 1. The van der Waals surface area contributed by atoms with Crippen LogP contribution in [-0.4, -0.2) is 44.6 Å². The van der Waals surface area contributed by atoms with Gasteiger partial charge in [0.1, 0.15) is 6.04 Å². The second kappa shape index (κ2) is 6.90. The van der Waals surface area contributed by atoms with Gasteiger partial charge in [-0.15, -0.1) is 0 Å². The lowest BCUT2D eigenvalue weighted by Gasteiger charge is -2.14. The number of amides is 2. The molecule has 0 spiro atoms. The lowest BCUT2D eigenvalue weighted by Crippen LogP contribution is -2.46. The normalized spacial score (nSPS) is 12.0. The molecule has 1 atom stereocenters. The number of hydrogen-bond donors (Lipinski definition) is 4. The Morgan fingerprint density at radius 1 is 1.40 bits per heavy atom. The number of hydrogen-bond acceptors (Lipinski definition) is 4. The molecule has 0 aliphatic carbocycles. The number of aliphatic hydroxyl groups is 1. The van der Waals surface area contributed by atoms with Gasteiger partial charge in [0.25, 0.3) is 0 Å². The van der Waals surface area contributed by atoms with Crippen LogP contribution in [0.15, 0.2) is 0 Å². The number of nitrogens with one attached hydrogen (secondary N) is 2. The predicted molar refractivity (Wildman–Crippen MR) is 71.2 cm³/mol. The zero-order valence-electron chi connectivity index (χ0n) is 11.8. The molecule has 20 heavy (non-hydrogen) atoms. The van der Waals surface area contributed by atoms with E-state index >= 15 is 0 Å². The molecular weight excluding hydrogens is 264 g/mol. The number of carboxylic acids is 1. The van der Waals surface area contributed by atoms with Gasteiger partial charge in [-0.3, -0.25) is 4.68 Å². The molecule has 1 unspecified atom stereocenters. The van der Waals surface area contributed by atoms with E-state index in [9.17, 15) is 9.59 Å². The molecule has 8 nitrogen and oxygen atoms in total. The zero-order chi connectivity index (χ0) is 15.3. The lowest BCUT2D eigenvalue weighted by atomic mass is 10.2. The molecule has 0 bridgehead atoms. The largest absolute Gasteiger partial charge is 0.480 e. The van der Waals surface area contributed by atoms with Crippen LogP contribution in [0.1, 0.15) is 23.4 Å². The number of aliphatic carboxylic acids is 1.